The Hall–Kier alpha value is -6.56. The Morgan fingerprint density at radius 1 is 0.451 bits per heavy atom. The number of rotatable bonds is 6. The standard InChI is InChI=1S/C46H31N3OSi/c1-3-16-34(17-4-1)51(35-18-5-2-6-19-35,36-20-11-14-32(30-36)40-24-9-10-28-47-40)37-21-12-15-33(31-37)49-41-26-27-43-45(38-22-7-8-25-42(38)50-43)44(41)39-23-13-29-48-46(39)49/h1-31H. The van der Waals surface area contributed by atoms with Gasteiger partial charge in [-0.25, -0.2) is 4.98 Å². The molecule has 0 bridgehead atoms. The van der Waals surface area contributed by atoms with Crippen molar-refractivity contribution in [2.45, 2.75) is 0 Å². The van der Waals surface area contributed by atoms with Gasteiger partial charge in [0.15, 0.2) is 8.07 Å². The Kier molecular flexibility index (Phi) is 6.79. The van der Waals surface area contributed by atoms with Crippen molar-refractivity contribution < 1.29 is 4.42 Å². The maximum absolute atomic E-state index is 6.35. The van der Waals surface area contributed by atoms with Gasteiger partial charge in [0.1, 0.15) is 16.8 Å². The topological polar surface area (TPSA) is 43.9 Å². The largest absolute Gasteiger partial charge is 0.456 e. The smallest absolute Gasteiger partial charge is 0.179 e. The van der Waals surface area contributed by atoms with Gasteiger partial charge in [-0.05, 0) is 75.3 Å². The van der Waals surface area contributed by atoms with Crippen LogP contribution >= 0.6 is 0 Å². The van der Waals surface area contributed by atoms with Crippen LogP contribution in [0.3, 0.4) is 0 Å². The molecular formula is C46H31N3OSi. The third-order valence-corrected chi connectivity index (χ3v) is 15.0. The van der Waals surface area contributed by atoms with E-state index in [-0.39, 0.29) is 0 Å². The molecule has 240 valence electrons. The van der Waals surface area contributed by atoms with E-state index in [1.165, 1.54) is 20.7 Å². The Bertz CT molecular complexity index is 2820. The number of fused-ring (bicyclic) bond motifs is 7. The van der Waals surface area contributed by atoms with Crippen LogP contribution in [0.15, 0.2) is 193 Å². The summed E-state index contributed by atoms with van der Waals surface area (Å²) in [6, 6.07) is 63.2. The van der Waals surface area contributed by atoms with Gasteiger partial charge in [0.05, 0.1) is 11.2 Å². The fourth-order valence-electron chi connectivity index (χ4n) is 8.11. The van der Waals surface area contributed by atoms with Crippen molar-refractivity contribution in [2.75, 3.05) is 0 Å². The minimum atomic E-state index is -2.89. The summed E-state index contributed by atoms with van der Waals surface area (Å²) in [5, 5.41) is 9.72. The van der Waals surface area contributed by atoms with Gasteiger partial charge in [0.2, 0.25) is 0 Å². The first-order valence-corrected chi connectivity index (χ1v) is 19.2. The predicted octanol–water partition coefficient (Wildman–Crippen LogP) is 8.52. The third kappa shape index (κ3) is 4.52. The molecule has 10 rings (SSSR count). The summed E-state index contributed by atoms with van der Waals surface area (Å²) in [6.45, 7) is 0. The van der Waals surface area contributed by atoms with Gasteiger partial charge in [0, 0.05) is 45.2 Å². The highest BCUT2D eigenvalue weighted by Gasteiger charge is 2.42. The van der Waals surface area contributed by atoms with E-state index in [2.05, 4.69) is 156 Å². The summed E-state index contributed by atoms with van der Waals surface area (Å²) in [6.07, 6.45) is 3.76. The van der Waals surface area contributed by atoms with E-state index in [0.29, 0.717) is 0 Å². The summed E-state index contributed by atoms with van der Waals surface area (Å²) < 4.78 is 8.68. The van der Waals surface area contributed by atoms with Gasteiger partial charge in [0.25, 0.3) is 0 Å². The quantitative estimate of drug-likeness (QED) is 0.132. The first-order chi connectivity index (χ1) is 25.3. The Morgan fingerprint density at radius 3 is 1.90 bits per heavy atom. The van der Waals surface area contributed by atoms with Gasteiger partial charge < -0.3 is 4.42 Å². The molecular weight excluding hydrogens is 639 g/mol. The van der Waals surface area contributed by atoms with E-state index in [9.17, 15) is 0 Å². The van der Waals surface area contributed by atoms with Crippen LogP contribution in [0.5, 0.6) is 0 Å². The minimum absolute atomic E-state index is 0.882. The molecule has 5 heteroatoms. The van der Waals surface area contributed by atoms with Crippen molar-refractivity contribution in [3.8, 4) is 16.9 Å². The molecule has 0 unspecified atom stereocenters. The predicted molar refractivity (Wildman–Crippen MR) is 213 cm³/mol. The molecule has 4 heterocycles. The van der Waals surface area contributed by atoms with Gasteiger partial charge in [-0.1, -0.05) is 121 Å². The van der Waals surface area contributed by atoms with Crippen LogP contribution in [0, 0.1) is 0 Å². The third-order valence-electron chi connectivity index (χ3n) is 10.2. The van der Waals surface area contributed by atoms with Gasteiger partial charge in [-0.2, -0.15) is 0 Å². The van der Waals surface area contributed by atoms with Gasteiger partial charge in [-0.3, -0.25) is 9.55 Å². The monoisotopic (exact) mass is 669 g/mol. The van der Waals surface area contributed by atoms with Crippen molar-refractivity contribution >= 4 is 72.7 Å². The summed E-state index contributed by atoms with van der Waals surface area (Å²) in [5.41, 5.74) is 6.94. The van der Waals surface area contributed by atoms with Crippen molar-refractivity contribution in [1.82, 2.24) is 14.5 Å². The van der Waals surface area contributed by atoms with Crippen LogP contribution in [0.25, 0.3) is 60.8 Å². The molecule has 0 N–H and O–H groups in total. The summed E-state index contributed by atoms with van der Waals surface area (Å²) in [7, 11) is -2.89. The molecule has 0 atom stereocenters. The molecule has 0 fully saturated rings. The zero-order valence-corrected chi connectivity index (χ0v) is 28.6. The fraction of sp³-hybridized carbons (Fsp3) is 0. The number of para-hydroxylation sites is 1. The minimum Gasteiger partial charge on any atom is -0.456 e. The van der Waals surface area contributed by atoms with Crippen molar-refractivity contribution in [3.05, 3.63) is 188 Å². The van der Waals surface area contributed by atoms with Crippen LogP contribution < -0.4 is 20.7 Å². The Balaban J connectivity index is 1.29. The summed E-state index contributed by atoms with van der Waals surface area (Å²) >= 11 is 0. The molecule has 0 saturated heterocycles. The number of furan rings is 1. The van der Waals surface area contributed by atoms with E-state index < -0.39 is 8.07 Å². The average Bonchev–Trinajstić information content (AvgIpc) is 3.75. The van der Waals surface area contributed by atoms with Crippen LogP contribution in [-0.4, -0.2) is 22.6 Å². The molecule has 0 aliphatic carbocycles. The Morgan fingerprint density at radius 2 is 1.12 bits per heavy atom. The molecule has 0 aliphatic heterocycles. The molecule has 0 amide bonds. The number of nitrogens with zero attached hydrogens (tertiary/aromatic N) is 3. The van der Waals surface area contributed by atoms with Crippen LogP contribution in [0.4, 0.5) is 0 Å². The van der Waals surface area contributed by atoms with Crippen molar-refractivity contribution in [2.24, 2.45) is 0 Å². The normalized spacial score (nSPS) is 11.9. The van der Waals surface area contributed by atoms with E-state index in [1.807, 2.05) is 36.7 Å². The second-order valence-electron chi connectivity index (χ2n) is 13.0. The molecule has 0 aliphatic rings. The zero-order valence-electron chi connectivity index (χ0n) is 27.6. The maximum atomic E-state index is 6.35. The molecule has 4 aromatic heterocycles. The lowest BCUT2D eigenvalue weighted by Crippen LogP contribution is -2.74. The fourth-order valence-corrected chi connectivity index (χ4v) is 12.9. The van der Waals surface area contributed by atoms with E-state index in [0.717, 1.165) is 60.8 Å². The SMILES string of the molecule is c1ccc([Si](c2ccccc2)(c2cccc(-c3ccccn3)c2)c2cccc(-n3c4ccc5oc6ccccc6c5c4c4cccnc43)c2)cc1. The lowest BCUT2D eigenvalue weighted by atomic mass is 10.1. The maximum Gasteiger partial charge on any atom is 0.179 e. The van der Waals surface area contributed by atoms with E-state index in [4.69, 9.17) is 14.4 Å². The van der Waals surface area contributed by atoms with Gasteiger partial charge >= 0.3 is 0 Å². The average molecular weight is 670 g/mol. The molecule has 0 radical (unpaired) electrons. The zero-order chi connectivity index (χ0) is 33.8. The molecule has 51 heavy (non-hydrogen) atoms. The lowest BCUT2D eigenvalue weighted by Gasteiger charge is -2.35. The molecule has 0 spiro atoms. The molecule has 10 aromatic rings. The number of hydrogen-bond donors (Lipinski definition) is 0. The second-order valence-corrected chi connectivity index (χ2v) is 16.8. The van der Waals surface area contributed by atoms with Gasteiger partial charge in [-0.15, -0.1) is 0 Å². The number of hydrogen-bond acceptors (Lipinski definition) is 3. The second kappa shape index (κ2) is 11.8. The van der Waals surface area contributed by atoms with Crippen LogP contribution in [0.2, 0.25) is 0 Å². The number of pyridine rings is 2. The lowest BCUT2D eigenvalue weighted by molar-refractivity contribution is 0.669. The Labute approximate surface area is 295 Å². The van der Waals surface area contributed by atoms with Crippen LogP contribution in [-0.2, 0) is 0 Å². The van der Waals surface area contributed by atoms with Crippen LogP contribution in [0.1, 0.15) is 0 Å². The van der Waals surface area contributed by atoms with E-state index >= 15 is 0 Å². The van der Waals surface area contributed by atoms with E-state index in [1.54, 1.807) is 0 Å². The highest BCUT2D eigenvalue weighted by molar-refractivity contribution is 7.20. The highest BCUT2D eigenvalue weighted by atomic mass is 28.3. The van der Waals surface area contributed by atoms with Crippen molar-refractivity contribution in [1.29, 1.82) is 0 Å². The van der Waals surface area contributed by atoms with Crippen molar-refractivity contribution in [3.63, 3.8) is 0 Å². The first-order valence-electron chi connectivity index (χ1n) is 17.2. The highest BCUT2D eigenvalue weighted by Crippen LogP contribution is 2.40. The number of aromatic nitrogens is 3. The number of benzene rings is 6. The summed E-state index contributed by atoms with van der Waals surface area (Å²) in [5.74, 6) is 0. The summed E-state index contributed by atoms with van der Waals surface area (Å²) in [4.78, 5) is 9.75. The molecule has 0 saturated carbocycles. The molecule has 4 nitrogen and oxygen atoms in total. The molecule has 6 aromatic carbocycles. The first kappa shape index (κ1) is 29.4.